The first-order chi connectivity index (χ1) is 8.54. The molecule has 1 fully saturated rings. The molecular formula is C12H17N3O3. The molecule has 1 unspecified atom stereocenters. The first kappa shape index (κ1) is 12.8. The lowest BCUT2D eigenvalue weighted by Gasteiger charge is -2.39. The van der Waals surface area contributed by atoms with Crippen molar-refractivity contribution < 1.29 is 9.53 Å². The van der Waals surface area contributed by atoms with E-state index in [0.717, 1.165) is 12.8 Å². The Balaban J connectivity index is 2.14. The van der Waals surface area contributed by atoms with Crippen molar-refractivity contribution in [1.29, 1.82) is 0 Å². The average molecular weight is 251 g/mol. The van der Waals surface area contributed by atoms with Crippen molar-refractivity contribution in [3.8, 4) is 0 Å². The average Bonchev–Trinajstić information content (AvgIpc) is 2.39. The zero-order valence-electron chi connectivity index (χ0n) is 10.6. The van der Waals surface area contributed by atoms with Crippen LogP contribution < -0.4 is 5.56 Å². The first-order valence-corrected chi connectivity index (χ1v) is 5.94. The van der Waals surface area contributed by atoms with E-state index >= 15 is 0 Å². The number of ether oxygens (including phenoxy) is 1. The van der Waals surface area contributed by atoms with Gasteiger partial charge in [-0.25, -0.2) is 5.10 Å². The van der Waals surface area contributed by atoms with Crippen LogP contribution in [-0.2, 0) is 4.74 Å². The lowest BCUT2D eigenvalue weighted by molar-refractivity contribution is -0.0441. The molecule has 1 aromatic heterocycles. The number of carbonyl (C=O) groups is 1. The Morgan fingerprint density at radius 2 is 2.33 bits per heavy atom. The van der Waals surface area contributed by atoms with Crippen LogP contribution in [0.2, 0.25) is 0 Å². The van der Waals surface area contributed by atoms with Crippen LogP contribution in [0.15, 0.2) is 16.9 Å². The molecule has 2 heterocycles. The summed E-state index contributed by atoms with van der Waals surface area (Å²) >= 11 is 0. The molecule has 2 rings (SSSR count). The van der Waals surface area contributed by atoms with Crippen molar-refractivity contribution in [2.45, 2.75) is 25.4 Å². The maximum atomic E-state index is 12.2. The van der Waals surface area contributed by atoms with Gasteiger partial charge in [0, 0.05) is 26.3 Å². The highest BCUT2D eigenvalue weighted by Gasteiger charge is 2.33. The van der Waals surface area contributed by atoms with Crippen LogP contribution in [0.4, 0.5) is 0 Å². The van der Waals surface area contributed by atoms with Crippen molar-refractivity contribution >= 4 is 5.91 Å². The van der Waals surface area contributed by atoms with E-state index in [9.17, 15) is 9.59 Å². The van der Waals surface area contributed by atoms with Crippen LogP contribution >= 0.6 is 0 Å². The van der Waals surface area contributed by atoms with Crippen LogP contribution in [0.3, 0.4) is 0 Å². The fourth-order valence-corrected chi connectivity index (χ4v) is 2.17. The van der Waals surface area contributed by atoms with Crippen LogP contribution in [0.5, 0.6) is 0 Å². The van der Waals surface area contributed by atoms with Gasteiger partial charge >= 0.3 is 0 Å². The minimum atomic E-state index is -0.313. The zero-order chi connectivity index (χ0) is 13.2. The predicted molar refractivity (Wildman–Crippen MR) is 65.4 cm³/mol. The lowest BCUT2D eigenvalue weighted by atomic mass is 9.94. The van der Waals surface area contributed by atoms with Crippen molar-refractivity contribution in [1.82, 2.24) is 15.1 Å². The third kappa shape index (κ3) is 2.59. The topological polar surface area (TPSA) is 75.3 Å². The minimum Gasteiger partial charge on any atom is -0.377 e. The summed E-state index contributed by atoms with van der Waals surface area (Å²) in [5, 5.41) is 6.03. The molecule has 1 atom stereocenters. The molecule has 1 N–H and O–H groups in total. The Hall–Kier alpha value is -1.69. The largest absolute Gasteiger partial charge is 0.377 e. The summed E-state index contributed by atoms with van der Waals surface area (Å²) in [6, 6.07) is 2.75. The van der Waals surface area contributed by atoms with Gasteiger partial charge in [0.1, 0.15) is 5.69 Å². The monoisotopic (exact) mass is 251 g/mol. The highest BCUT2D eigenvalue weighted by atomic mass is 16.5. The second-order valence-corrected chi connectivity index (χ2v) is 4.79. The molecule has 6 nitrogen and oxygen atoms in total. The maximum absolute atomic E-state index is 12.2. The summed E-state index contributed by atoms with van der Waals surface area (Å²) in [6.07, 6.45) is 1.84. The van der Waals surface area contributed by atoms with E-state index in [1.165, 1.54) is 12.1 Å². The van der Waals surface area contributed by atoms with E-state index in [4.69, 9.17) is 4.74 Å². The number of aromatic nitrogens is 2. The first-order valence-electron chi connectivity index (χ1n) is 5.94. The normalized spacial score (nSPS) is 24.0. The van der Waals surface area contributed by atoms with Gasteiger partial charge < -0.3 is 9.64 Å². The number of methoxy groups -OCH3 is 1. The molecule has 6 heteroatoms. The molecule has 1 amide bonds. The highest BCUT2D eigenvalue weighted by molar-refractivity contribution is 5.92. The van der Waals surface area contributed by atoms with Gasteiger partial charge in [0.2, 0.25) is 0 Å². The molecule has 98 valence electrons. The summed E-state index contributed by atoms with van der Waals surface area (Å²) in [5.74, 6) is -0.172. The van der Waals surface area contributed by atoms with Crippen molar-refractivity contribution in [2.75, 3.05) is 20.2 Å². The fraction of sp³-hybridized carbons (Fsp3) is 0.583. The van der Waals surface area contributed by atoms with Gasteiger partial charge in [-0.2, -0.15) is 5.10 Å². The van der Waals surface area contributed by atoms with E-state index in [-0.39, 0.29) is 22.8 Å². The van der Waals surface area contributed by atoms with Crippen LogP contribution in [0.1, 0.15) is 30.3 Å². The Morgan fingerprint density at radius 3 is 2.94 bits per heavy atom. The Kier molecular flexibility index (Phi) is 3.47. The molecule has 0 radical (unpaired) electrons. The van der Waals surface area contributed by atoms with E-state index in [2.05, 4.69) is 10.2 Å². The maximum Gasteiger partial charge on any atom is 0.274 e. The Morgan fingerprint density at radius 1 is 1.56 bits per heavy atom. The van der Waals surface area contributed by atoms with Crippen LogP contribution in [0, 0.1) is 0 Å². The number of nitrogens with zero attached hydrogens (tertiary/aromatic N) is 2. The van der Waals surface area contributed by atoms with Gasteiger partial charge in [-0.05, 0) is 25.8 Å². The number of amides is 1. The van der Waals surface area contributed by atoms with E-state index in [1.807, 2.05) is 6.92 Å². The molecule has 1 aliphatic rings. The number of nitrogens with one attached hydrogen (secondary N) is 1. The van der Waals surface area contributed by atoms with Gasteiger partial charge in [-0.3, -0.25) is 9.59 Å². The summed E-state index contributed by atoms with van der Waals surface area (Å²) in [5.41, 5.74) is -0.349. The lowest BCUT2D eigenvalue weighted by Crippen LogP contribution is -2.49. The summed E-state index contributed by atoms with van der Waals surface area (Å²) in [4.78, 5) is 24.8. The highest BCUT2D eigenvalue weighted by Crippen LogP contribution is 2.24. The quantitative estimate of drug-likeness (QED) is 0.826. The minimum absolute atomic E-state index is 0.172. The Bertz CT molecular complexity index is 479. The molecule has 0 bridgehead atoms. The summed E-state index contributed by atoms with van der Waals surface area (Å²) < 4.78 is 5.44. The molecule has 0 aromatic carbocycles. The van der Waals surface area contributed by atoms with Gasteiger partial charge in [0.05, 0.1) is 5.60 Å². The van der Waals surface area contributed by atoms with E-state index in [0.29, 0.717) is 13.1 Å². The molecule has 0 saturated carbocycles. The third-order valence-electron chi connectivity index (χ3n) is 3.34. The molecule has 0 aliphatic carbocycles. The van der Waals surface area contributed by atoms with Gasteiger partial charge in [-0.1, -0.05) is 0 Å². The van der Waals surface area contributed by atoms with Gasteiger partial charge in [-0.15, -0.1) is 0 Å². The Labute approximate surface area is 105 Å². The second kappa shape index (κ2) is 4.89. The van der Waals surface area contributed by atoms with Gasteiger partial charge in [0.25, 0.3) is 11.5 Å². The number of piperidine rings is 1. The summed E-state index contributed by atoms with van der Waals surface area (Å²) in [7, 11) is 1.66. The van der Waals surface area contributed by atoms with Crippen molar-refractivity contribution in [3.63, 3.8) is 0 Å². The number of hydrogen-bond donors (Lipinski definition) is 1. The SMILES string of the molecule is COC1(C)CCCN(C(=O)c2ccc(=O)[nH]n2)C1. The third-order valence-corrected chi connectivity index (χ3v) is 3.34. The number of H-pyrrole nitrogens is 1. The van der Waals surface area contributed by atoms with E-state index in [1.54, 1.807) is 12.0 Å². The molecule has 0 spiro atoms. The predicted octanol–water partition coefficient (Wildman–Crippen LogP) is 0.411. The summed E-state index contributed by atoms with van der Waals surface area (Å²) in [6.45, 7) is 3.23. The van der Waals surface area contributed by atoms with Crippen LogP contribution in [-0.4, -0.2) is 46.8 Å². The van der Waals surface area contributed by atoms with Crippen LogP contribution in [0.25, 0.3) is 0 Å². The van der Waals surface area contributed by atoms with Crippen molar-refractivity contribution in [2.24, 2.45) is 0 Å². The molecule has 1 aliphatic heterocycles. The molecule has 18 heavy (non-hydrogen) atoms. The molecular weight excluding hydrogens is 234 g/mol. The van der Waals surface area contributed by atoms with Crippen molar-refractivity contribution in [3.05, 3.63) is 28.2 Å². The van der Waals surface area contributed by atoms with Gasteiger partial charge in [0.15, 0.2) is 0 Å². The standard InChI is InChI=1S/C12H17N3O3/c1-12(18-2)6-3-7-15(8-12)11(17)9-4-5-10(16)14-13-9/h4-5H,3,6-8H2,1-2H3,(H,14,16). The second-order valence-electron chi connectivity index (χ2n) is 4.79. The number of likely N-dealkylation sites (tertiary alicyclic amines) is 1. The fourth-order valence-electron chi connectivity index (χ4n) is 2.17. The zero-order valence-corrected chi connectivity index (χ0v) is 10.6. The molecule has 1 saturated heterocycles. The number of hydrogen-bond acceptors (Lipinski definition) is 4. The van der Waals surface area contributed by atoms with E-state index < -0.39 is 0 Å². The number of carbonyl (C=O) groups excluding carboxylic acids is 1. The molecule has 1 aromatic rings. The smallest absolute Gasteiger partial charge is 0.274 e. The number of rotatable bonds is 2. The number of aromatic amines is 1.